The average molecular weight is 308 g/mol. The number of aryl methyl sites for hydroxylation is 2. The van der Waals surface area contributed by atoms with Gasteiger partial charge in [-0.3, -0.25) is 4.68 Å². The highest BCUT2D eigenvalue weighted by atomic mass is 79.9. The SMILES string of the molecule is CCc1nn(CC)c(CCCC(C)Cl)c1Br. The van der Waals surface area contributed by atoms with E-state index in [1.54, 1.807) is 0 Å². The molecule has 0 saturated carbocycles. The molecule has 1 aromatic heterocycles. The Morgan fingerprint density at radius 1 is 1.44 bits per heavy atom. The van der Waals surface area contributed by atoms with Gasteiger partial charge in [0.05, 0.1) is 15.9 Å². The Kier molecular flexibility index (Phi) is 5.84. The summed E-state index contributed by atoms with van der Waals surface area (Å²) in [5, 5.41) is 4.85. The molecule has 0 spiro atoms. The van der Waals surface area contributed by atoms with Crippen molar-refractivity contribution in [3.05, 3.63) is 15.9 Å². The number of alkyl halides is 1. The highest BCUT2D eigenvalue weighted by molar-refractivity contribution is 9.10. The molecule has 16 heavy (non-hydrogen) atoms. The fourth-order valence-electron chi connectivity index (χ4n) is 1.81. The maximum absolute atomic E-state index is 5.96. The zero-order valence-electron chi connectivity index (χ0n) is 10.3. The minimum Gasteiger partial charge on any atom is -0.268 e. The first kappa shape index (κ1) is 14.0. The minimum absolute atomic E-state index is 0.266. The van der Waals surface area contributed by atoms with E-state index in [4.69, 9.17) is 11.6 Å². The Morgan fingerprint density at radius 2 is 2.12 bits per heavy atom. The number of hydrogen-bond donors (Lipinski definition) is 0. The molecule has 92 valence electrons. The third-order valence-corrected chi connectivity index (χ3v) is 3.84. The zero-order chi connectivity index (χ0) is 12.1. The van der Waals surface area contributed by atoms with Crippen molar-refractivity contribution in [2.45, 2.75) is 58.4 Å². The molecule has 0 saturated heterocycles. The van der Waals surface area contributed by atoms with Crippen LogP contribution in [0.3, 0.4) is 0 Å². The van der Waals surface area contributed by atoms with Crippen molar-refractivity contribution in [3.63, 3.8) is 0 Å². The van der Waals surface area contributed by atoms with Crippen molar-refractivity contribution in [1.29, 1.82) is 0 Å². The van der Waals surface area contributed by atoms with Crippen LogP contribution < -0.4 is 0 Å². The van der Waals surface area contributed by atoms with Crippen LogP contribution >= 0.6 is 27.5 Å². The third-order valence-electron chi connectivity index (χ3n) is 2.71. The Labute approximate surface area is 111 Å². The summed E-state index contributed by atoms with van der Waals surface area (Å²) in [6.07, 6.45) is 4.22. The van der Waals surface area contributed by atoms with Crippen molar-refractivity contribution in [3.8, 4) is 0 Å². The minimum atomic E-state index is 0.266. The van der Waals surface area contributed by atoms with E-state index in [0.717, 1.165) is 37.9 Å². The van der Waals surface area contributed by atoms with E-state index in [2.05, 4.69) is 39.6 Å². The van der Waals surface area contributed by atoms with Crippen molar-refractivity contribution in [2.75, 3.05) is 0 Å². The summed E-state index contributed by atoms with van der Waals surface area (Å²) in [6, 6.07) is 0. The van der Waals surface area contributed by atoms with Crippen LogP contribution in [-0.2, 0) is 19.4 Å². The fraction of sp³-hybridized carbons (Fsp3) is 0.750. The average Bonchev–Trinajstić information content (AvgIpc) is 2.55. The Balaban J connectivity index is 2.73. The normalized spacial score (nSPS) is 13.1. The van der Waals surface area contributed by atoms with Gasteiger partial charge in [-0.05, 0) is 55.5 Å². The van der Waals surface area contributed by atoms with Crippen molar-refractivity contribution in [1.82, 2.24) is 9.78 Å². The molecular formula is C12H20BrClN2. The lowest BCUT2D eigenvalue weighted by molar-refractivity contribution is 0.594. The van der Waals surface area contributed by atoms with Gasteiger partial charge in [0.2, 0.25) is 0 Å². The van der Waals surface area contributed by atoms with E-state index in [1.807, 2.05) is 6.92 Å². The van der Waals surface area contributed by atoms with Gasteiger partial charge in [0.25, 0.3) is 0 Å². The highest BCUT2D eigenvalue weighted by Gasteiger charge is 2.13. The second kappa shape index (κ2) is 6.65. The van der Waals surface area contributed by atoms with Crippen LogP contribution in [0.2, 0.25) is 0 Å². The highest BCUT2D eigenvalue weighted by Crippen LogP contribution is 2.24. The molecule has 0 bridgehead atoms. The Morgan fingerprint density at radius 3 is 2.62 bits per heavy atom. The first-order chi connectivity index (χ1) is 7.60. The summed E-state index contributed by atoms with van der Waals surface area (Å²) in [4.78, 5) is 0. The quantitative estimate of drug-likeness (QED) is 0.721. The molecule has 1 rings (SSSR count). The number of nitrogens with zero attached hydrogens (tertiary/aromatic N) is 2. The van der Waals surface area contributed by atoms with Crippen LogP contribution in [0.25, 0.3) is 0 Å². The molecule has 0 aliphatic heterocycles. The van der Waals surface area contributed by atoms with E-state index in [-0.39, 0.29) is 5.38 Å². The van der Waals surface area contributed by atoms with E-state index < -0.39 is 0 Å². The van der Waals surface area contributed by atoms with E-state index in [1.165, 1.54) is 10.2 Å². The topological polar surface area (TPSA) is 17.8 Å². The largest absolute Gasteiger partial charge is 0.268 e. The molecule has 1 aromatic rings. The third kappa shape index (κ3) is 3.49. The summed E-state index contributed by atoms with van der Waals surface area (Å²) < 4.78 is 3.29. The van der Waals surface area contributed by atoms with Gasteiger partial charge in [-0.25, -0.2) is 0 Å². The molecule has 0 radical (unpaired) electrons. The van der Waals surface area contributed by atoms with Crippen molar-refractivity contribution in [2.24, 2.45) is 0 Å². The predicted octanol–water partition coefficient (Wildman–Crippen LogP) is 4.18. The molecule has 0 N–H and O–H groups in total. The molecule has 1 heterocycles. The summed E-state index contributed by atoms with van der Waals surface area (Å²) in [7, 11) is 0. The fourth-order valence-corrected chi connectivity index (χ4v) is 2.72. The molecule has 2 nitrogen and oxygen atoms in total. The van der Waals surface area contributed by atoms with Gasteiger partial charge in [-0.15, -0.1) is 11.6 Å². The second-order valence-corrected chi connectivity index (χ2v) is 5.59. The molecule has 0 aliphatic carbocycles. The smallest absolute Gasteiger partial charge is 0.0766 e. The number of halogens is 2. The molecule has 0 aliphatic rings. The van der Waals surface area contributed by atoms with Crippen molar-refractivity contribution < 1.29 is 0 Å². The van der Waals surface area contributed by atoms with Gasteiger partial charge in [0, 0.05) is 11.9 Å². The molecule has 1 atom stereocenters. The van der Waals surface area contributed by atoms with Crippen LogP contribution in [-0.4, -0.2) is 15.2 Å². The van der Waals surface area contributed by atoms with Gasteiger partial charge in [-0.2, -0.15) is 5.10 Å². The van der Waals surface area contributed by atoms with E-state index in [0.29, 0.717) is 0 Å². The van der Waals surface area contributed by atoms with Crippen LogP contribution in [0.15, 0.2) is 4.47 Å². The monoisotopic (exact) mass is 306 g/mol. The molecule has 0 aromatic carbocycles. The van der Waals surface area contributed by atoms with Crippen LogP contribution in [0.4, 0.5) is 0 Å². The maximum atomic E-state index is 5.96. The molecule has 1 unspecified atom stereocenters. The summed E-state index contributed by atoms with van der Waals surface area (Å²) in [6.45, 7) is 7.25. The van der Waals surface area contributed by atoms with Gasteiger partial charge in [-0.1, -0.05) is 6.92 Å². The Bertz CT molecular complexity index is 334. The van der Waals surface area contributed by atoms with Gasteiger partial charge < -0.3 is 0 Å². The first-order valence-electron chi connectivity index (χ1n) is 5.98. The van der Waals surface area contributed by atoms with E-state index >= 15 is 0 Å². The lowest BCUT2D eigenvalue weighted by Gasteiger charge is -2.06. The first-order valence-corrected chi connectivity index (χ1v) is 7.21. The Hall–Kier alpha value is -0.0200. The standard InChI is InChI=1S/C12H20BrClN2/c1-4-10-12(13)11(16(5-2)15-10)8-6-7-9(3)14/h9H,4-8H2,1-3H3. The summed E-state index contributed by atoms with van der Waals surface area (Å²) in [5.74, 6) is 0. The van der Waals surface area contributed by atoms with Crippen LogP contribution in [0, 0.1) is 0 Å². The van der Waals surface area contributed by atoms with Gasteiger partial charge >= 0.3 is 0 Å². The lowest BCUT2D eigenvalue weighted by atomic mass is 10.1. The second-order valence-electron chi connectivity index (χ2n) is 4.05. The lowest BCUT2D eigenvalue weighted by Crippen LogP contribution is -2.04. The van der Waals surface area contributed by atoms with Crippen LogP contribution in [0.1, 0.15) is 45.0 Å². The number of rotatable bonds is 6. The molecule has 0 amide bonds. The number of hydrogen-bond acceptors (Lipinski definition) is 1. The molecule has 0 fully saturated rings. The molecule has 4 heteroatoms. The summed E-state index contributed by atoms with van der Waals surface area (Å²) in [5.41, 5.74) is 2.48. The van der Waals surface area contributed by atoms with Gasteiger partial charge in [0.1, 0.15) is 0 Å². The zero-order valence-corrected chi connectivity index (χ0v) is 12.6. The predicted molar refractivity (Wildman–Crippen MR) is 73.2 cm³/mol. The van der Waals surface area contributed by atoms with E-state index in [9.17, 15) is 0 Å². The summed E-state index contributed by atoms with van der Waals surface area (Å²) >= 11 is 9.61. The molecular weight excluding hydrogens is 288 g/mol. The van der Waals surface area contributed by atoms with Gasteiger partial charge in [0.15, 0.2) is 0 Å². The number of aromatic nitrogens is 2. The maximum Gasteiger partial charge on any atom is 0.0766 e. The van der Waals surface area contributed by atoms with Crippen LogP contribution in [0.5, 0.6) is 0 Å². The van der Waals surface area contributed by atoms with Crippen molar-refractivity contribution >= 4 is 27.5 Å².